The molecule has 3 aromatic rings. The van der Waals surface area contributed by atoms with Crippen LogP contribution in [-0.2, 0) is 11.3 Å². The lowest BCUT2D eigenvalue weighted by molar-refractivity contribution is 0.166. The molecule has 0 saturated heterocycles. The second-order valence-electron chi connectivity index (χ2n) is 3.83. The molecule has 86 valence electrons. The van der Waals surface area contributed by atoms with Gasteiger partial charge in [0.25, 0.3) is 0 Å². The van der Waals surface area contributed by atoms with Gasteiger partial charge in [-0.25, -0.2) is 4.79 Å². The van der Waals surface area contributed by atoms with E-state index in [0.29, 0.717) is 17.8 Å². The Morgan fingerprint density at radius 1 is 1.06 bits per heavy atom. The fraction of sp³-hybridized carbons (Fsp3) is 0.154. The zero-order valence-corrected chi connectivity index (χ0v) is 9.23. The van der Waals surface area contributed by atoms with Gasteiger partial charge in [-0.05, 0) is 18.2 Å². The smallest absolute Gasteiger partial charge is 0.336 e. The van der Waals surface area contributed by atoms with Crippen LogP contribution in [0.15, 0.2) is 44.0 Å². The van der Waals surface area contributed by atoms with E-state index in [9.17, 15) is 4.79 Å². The van der Waals surface area contributed by atoms with Gasteiger partial charge in [0.05, 0.1) is 0 Å². The van der Waals surface area contributed by atoms with Crippen LogP contribution in [-0.4, -0.2) is 7.11 Å². The summed E-state index contributed by atoms with van der Waals surface area (Å²) in [5.74, 6) is 0.750. The molecule has 0 bridgehead atoms. The maximum Gasteiger partial charge on any atom is 0.336 e. The second kappa shape index (κ2) is 3.75. The minimum Gasteiger partial charge on any atom is -0.458 e. The lowest BCUT2D eigenvalue weighted by atomic mass is 10.2. The molecular weight excluding hydrogens is 220 g/mol. The summed E-state index contributed by atoms with van der Waals surface area (Å²) >= 11 is 0. The van der Waals surface area contributed by atoms with E-state index in [0.717, 1.165) is 16.5 Å². The number of methoxy groups -OCH3 is 1. The molecule has 17 heavy (non-hydrogen) atoms. The van der Waals surface area contributed by atoms with Gasteiger partial charge >= 0.3 is 5.63 Å². The molecule has 0 atom stereocenters. The van der Waals surface area contributed by atoms with E-state index in [1.165, 1.54) is 6.07 Å². The van der Waals surface area contributed by atoms with Crippen LogP contribution < -0.4 is 5.63 Å². The third-order valence-electron chi connectivity index (χ3n) is 2.60. The highest BCUT2D eigenvalue weighted by Gasteiger charge is 2.06. The van der Waals surface area contributed by atoms with Crippen molar-refractivity contribution < 1.29 is 13.6 Å². The van der Waals surface area contributed by atoms with Crippen LogP contribution in [0.4, 0.5) is 0 Å². The highest BCUT2D eigenvalue weighted by atomic mass is 16.5. The zero-order chi connectivity index (χ0) is 11.8. The molecule has 1 aromatic carbocycles. The molecule has 0 amide bonds. The van der Waals surface area contributed by atoms with Crippen LogP contribution >= 0.6 is 0 Å². The van der Waals surface area contributed by atoms with E-state index in [2.05, 4.69) is 0 Å². The SMILES string of the molecule is COCc1cc2cc3ccc(=O)oc3cc2o1. The van der Waals surface area contributed by atoms with Crippen molar-refractivity contribution in [2.45, 2.75) is 6.61 Å². The molecule has 4 heteroatoms. The quantitative estimate of drug-likeness (QED) is 0.635. The Labute approximate surface area is 96.4 Å². The number of benzene rings is 1. The van der Waals surface area contributed by atoms with Gasteiger partial charge in [-0.3, -0.25) is 0 Å². The Bertz CT molecular complexity index is 736. The highest BCUT2D eigenvalue weighted by Crippen LogP contribution is 2.25. The summed E-state index contributed by atoms with van der Waals surface area (Å²) in [5.41, 5.74) is 0.864. The van der Waals surface area contributed by atoms with Crippen molar-refractivity contribution in [1.29, 1.82) is 0 Å². The topological polar surface area (TPSA) is 52.6 Å². The first-order valence-corrected chi connectivity index (χ1v) is 5.21. The number of hydrogen-bond acceptors (Lipinski definition) is 4. The van der Waals surface area contributed by atoms with Gasteiger partial charge in [0.15, 0.2) is 0 Å². The maximum absolute atomic E-state index is 11.1. The van der Waals surface area contributed by atoms with Gasteiger partial charge in [0, 0.05) is 30.0 Å². The number of furan rings is 1. The van der Waals surface area contributed by atoms with Crippen LogP contribution in [0.5, 0.6) is 0 Å². The van der Waals surface area contributed by atoms with Crippen LogP contribution in [0.25, 0.3) is 21.9 Å². The normalized spacial score (nSPS) is 11.4. The summed E-state index contributed by atoms with van der Waals surface area (Å²) in [4.78, 5) is 11.1. The lowest BCUT2D eigenvalue weighted by Gasteiger charge is -1.94. The molecule has 2 heterocycles. The number of fused-ring (bicyclic) bond motifs is 2. The Morgan fingerprint density at radius 3 is 2.71 bits per heavy atom. The molecule has 0 radical (unpaired) electrons. The predicted molar refractivity (Wildman–Crippen MR) is 63.0 cm³/mol. The van der Waals surface area contributed by atoms with E-state index in [1.54, 1.807) is 19.2 Å². The molecule has 0 aliphatic rings. The third-order valence-corrected chi connectivity index (χ3v) is 2.60. The number of ether oxygens (including phenoxy) is 1. The van der Waals surface area contributed by atoms with E-state index < -0.39 is 0 Å². The molecule has 2 aromatic heterocycles. The summed E-state index contributed by atoms with van der Waals surface area (Å²) in [7, 11) is 1.61. The zero-order valence-electron chi connectivity index (χ0n) is 9.23. The summed E-state index contributed by atoms with van der Waals surface area (Å²) in [6, 6.07) is 8.72. The van der Waals surface area contributed by atoms with Crippen molar-refractivity contribution in [2.24, 2.45) is 0 Å². The fourth-order valence-electron chi connectivity index (χ4n) is 1.87. The van der Waals surface area contributed by atoms with Crippen LogP contribution in [0.3, 0.4) is 0 Å². The molecule has 0 spiro atoms. The van der Waals surface area contributed by atoms with Gasteiger partial charge in [-0.1, -0.05) is 0 Å². The minimum atomic E-state index is -0.361. The van der Waals surface area contributed by atoms with Crippen molar-refractivity contribution in [3.8, 4) is 0 Å². The number of rotatable bonds is 2. The van der Waals surface area contributed by atoms with Crippen molar-refractivity contribution in [3.63, 3.8) is 0 Å². The minimum absolute atomic E-state index is 0.361. The van der Waals surface area contributed by atoms with Gasteiger partial charge in [0.2, 0.25) is 0 Å². The van der Waals surface area contributed by atoms with Crippen molar-refractivity contribution >= 4 is 21.9 Å². The Hall–Kier alpha value is -2.07. The Morgan fingerprint density at radius 2 is 1.88 bits per heavy atom. The fourth-order valence-corrected chi connectivity index (χ4v) is 1.87. The van der Waals surface area contributed by atoms with Crippen LogP contribution in [0.2, 0.25) is 0 Å². The summed E-state index contributed by atoms with van der Waals surface area (Å²) < 4.78 is 15.7. The molecular formula is C13H10O4. The molecule has 0 fully saturated rings. The summed E-state index contributed by atoms with van der Waals surface area (Å²) in [6.07, 6.45) is 0. The van der Waals surface area contributed by atoms with Crippen molar-refractivity contribution in [3.05, 3.63) is 46.5 Å². The monoisotopic (exact) mass is 230 g/mol. The molecule has 0 aliphatic heterocycles. The van der Waals surface area contributed by atoms with Crippen LogP contribution in [0.1, 0.15) is 5.76 Å². The first kappa shape index (κ1) is 10.1. The first-order valence-electron chi connectivity index (χ1n) is 5.21. The molecule has 4 nitrogen and oxygen atoms in total. The predicted octanol–water partition coefficient (Wildman–Crippen LogP) is 2.69. The highest BCUT2D eigenvalue weighted by molar-refractivity contribution is 5.93. The lowest BCUT2D eigenvalue weighted by Crippen LogP contribution is -1.93. The third kappa shape index (κ3) is 1.72. The average molecular weight is 230 g/mol. The van der Waals surface area contributed by atoms with Crippen LogP contribution in [0, 0.1) is 0 Å². The summed E-state index contributed by atoms with van der Waals surface area (Å²) in [6.45, 7) is 0.426. The van der Waals surface area contributed by atoms with Gasteiger partial charge in [0.1, 0.15) is 23.5 Å². The van der Waals surface area contributed by atoms with Crippen molar-refractivity contribution in [1.82, 2.24) is 0 Å². The number of hydrogen-bond donors (Lipinski definition) is 0. The largest absolute Gasteiger partial charge is 0.458 e. The van der Waals surface area contributed by atoms with E-state index >= 15 is 0 Å². The van der Waals surface area contributed by atoms with Gasteiger partial charge < -0.3 is 13.6 Å². The van der Waals surface area contributed by atoms with Gasteiger partial charge in [-0.2, -0.15) is 0 Å². The summed E-state index contributed by atoms with van der Waals surface area (Å²) in [5, 5.41) is 1.85. The second-order valence-corrected chi connectivity index (χ2v) is 3.83. The maximum atomic E-state index is 11.1. The molecule has 0 aliphatic carbocycles. The molecule has 0 unspecified atom stereocenters. The van der Waals surface area contributed by atoms with E-state index in [-0.39, 0.29) is 5.63 Å². The molecule has 0 N–H and O–H groups in total. The Kier molecular flexibility index (Phi) is 2.23. The molecule has 0 saturated carbocycles. The Balaban J connectivity index is 2.28. The standard InChI is InChI=1S/C13H10O4/c1-15-7-10-5-9-4-8-2-3-13(14)17-11(8)6-12(9)16-10/h2-6H,7H2,1H3. The first-order chi connectivity index (χ1) is 8.26. The molecule has 3 rings (SSSR count). The van der Waals surface area contributed by atoms with E-state index in [4.69, 9.17) is 13.6 Å². The van der Waals surface area contributed by atoms with Crippen molar-refractivity contribution in [2.75, 3.05) is 7.11 Å². The van der Waals surface area contributed by atoms with E-state index in [1.807, 2.05) is 12.1 Å². The average Bonchev–Trinajstić information content (AvgIpc) is 2.67. The van der Waals surface area contributed by atoms with Gasteiger partial charge in [-0.15, -0.1) is 0 Å².